The molecule has 0 amide bonds. The van der Waals surface area contributed by atoms with E-state index in [-0.39, 0.29) is 17.0 Å². The van der Waals surface area contributed by atoms with Crippen molar-refractivity contribution in [2.24, 2.45) is 0 Å². The fourth-order valence-corrected chi connectivity index (χ4v) is 15.3. The molecule has 0 spiro atoms. The zero-order valence-electron chi connectivity index (χ0n) is 50.9. The van der Waals surface area contributed by atoms with Crippen molar-refractivity contribution in [2.45, 2.75) is 123 Å². The molecule has 4 unspecified atom stereocenters. The van der Waals surface area contributed by atoms with Crippen molar-refractivity contribution in [3.8, 4) is 0 Å². The summed E-state index contributed by atoms with van der Waals surface area (Å²) in [5, 5.41) is 78.1. The average Bonchev–Trinajstić information content (AvgIpc) is 1.63. The van der Waals surface area contributed by atoms with Crippen LogP contribution in [0.15, 0.2) is 89.3 Å². The number of ether oxygens (including phenoxy) is 5. The molecule has 55 heteroatoms. The van der Waals surface area contributed by atoms with Gasteiger partial charge in [0.25, 0.3) is 22.2 Å². The Balaban J connectivity index is 0.764. The second-order valence-corrected chi connectivity index (χ2v) is 28.3. The third-order valence-corrected chi connectivity index (χ3v) is 20.1. The molecule has 7 aromatic heterocycles. The summed E-state index contributed by atoms with van der Waals surface area (Å²) >= 11 is 0. The highest BCUT2D eigenvalue weighted by Crippen LogP contribution is 2.55. The highest BCUT2D eigenvalue weighted by molar-refractivity contribution is 7.48. The maximum atomic E-state index is 14.2. The number of hydrogen-bond acceptors (Lipinski definition) is 38. The molecule has 0 aromatic carbocycles. The van der Waals surface area contributed by atoms with Gasteiger partial charge in [-0.25, -0.2) is 52.6 Å². The molecule has 0 bridgehead atoms. The molecule has 556 valence electrons. The number of nitrogens with two attached hydrogens (primary N) is 2. The van der Waals surface area contributed by atoms with Gasteiger partial charge in [-0.2, -0.15) is 4.98 Å². The molecule has 5 saturated heterocycles. The van der Waals surface area contributed by atoms with Gasteiger partial charge in [-0.05, 0) is 0 Å². The van der Waals surface area contributed by atoms with Crippen LogP contribution >= 0.6 is 31.3 Å². The maximum Gasteiger partial charge on any atom is 0.472 e. The van der Waals surface area contributed by atoms with E-state index in [1.54, 1.807) is 0 Å². The van der Waals surface area contributed by atoms with Crippen LogP contribution in [0.5, 0.6) is 0 Å². The van der Waals surface area contributed by atoms with Crippen LogP contribution in [0.3, 0.4) is 0 Å². The lowest BCUT2D eigenvalue weighted by atomic mass is 10.1. The van der Waals surface area contributed by atoms with Gasteiger partial charge in [0.15, 0.2) is 53.8 Å². The van der Waals surface area contributed by atoms with Gasteiger partial charge >= 0.3 is 48.4 Å². The Hall–Kier alpha value is -7.50. The van der Waals surface area contributed by atoms with Crippen LogP contribution < -0.4 is 50.8 Å². The van der Waals surface area contributed by atoms with E-state index in [9.17, 15) is 107 Å². The minimum Gasteiger partial charge on any atom is -0.394 e. The largest absolute Gasteiger partial charge is 0.472 e. The third-order valence-electron chi connectivity index (χ3n) is 16.1. The minimum absolute atomic E-state index is 0.0455. The second-order valence-electron chi connectivity index (χ2n) is 22.7. The van der Waals surface area contributed by atoms with Crippen molar-refractivity contribution >= 4 is 65.4 Å². The molecule has 51 nitrogen and oxygen atoms in total. The lowest BCUT2D eigenvalue weighted by Gasteiger charge is -2.27. The SMILES string of the molecule is Nc1nc2c(ncn2[C@@H]2O[C@H](COP(=O)(O)O[C@H]3[C@@H](O)[C@H](n4ccc(=O)[nH]c4=O)O[C@@H]3COP(=O)(O)O[C@H]3[C@@H](O)[C@H](n4ccc(=O)[nH]c4=O)O[C@@H]3CO)[C@@H](OP(=O)(O)OC[C@H]3O[C@@H](n4ccc(=O)[nH]c4=O)[C@H](O)[C@@H]3OP(=O)(O)OC[C@H]3O[C@@H](n4cnc5c(N)ncnc54)[C@H](O)[C@@H]3O)[C@H]2O)c(=O)[nH]1. The van der Waals surface area contributed by atoms with Crippen LogP contribution in [0, 0.1) is 0 Å². The van der Waals surface area contributed by atoms with Crippen LogP contribution in [0.4, 0.5) is 11.8 Å². The van der Waals surface area contributed by atoms with E-state index in [1.165, 1.54) is 4.57 Å². The second kappa shape index (κ2) is 28.9. The number of nitrogens with zero attached hydrogens (tertiary/aromatic N) is 10. The van der Waals surface area contributed by atoms with Gasteiger partial charge in [0, 0.05) is 36.8 Å². The molecule has 19 N–H and O–H groups in total. The van der Waals surface area contributed by atoms with Gasteiger partial charge in [-0.3, -0.25) is 98.1 Å². The first kappa shape index (κ1) is 74.2. The van der Waals surface area contributed by atoms with E-state index in [1.807, 2.05) is 15.0 Å². The summed E-state index contributed by atoms with van der Waals surface area (Å²) in [4.78, 5) is 160. The first-order chi connectivity index (χ1) is 48.1. The zero-order chi connectivity index (χ0) is 73.4. The highest BCUT2D eigenvalue weighted by atomic mass is 31.2. The Labute approximate surface area is 560 Å². The zero-order valence-corrected chi connectivity index (χ0v) is 54.5. The molecule has 7 aromatic rings. The minimum atomic E-state index is -5.92. The summed E-state index contributed by atoms with van der Waals surface area (Å²) in [6.07, 6.45) is -35.0. The number of imidazole rings is 2. The summed E-state index contributed by atoms with van der Waals surface area (Å²) in [7, 11) is -23.1. The van der Waals surface area contributed by atoms with Crippen LogP contribution in [0.25, 0.3) is 22.3 Å². The van der Waals surface area contributed by atoms with E-state index >= 15 is 0 Å². The molecule has 102 heavy (non-hydrogen) atoms. The van der Waals surface area contributed by atoms with Crippen molar-refractivity contribution in [2.75, 3.05) is 44.5 Å². The smallest absolute Gasteiger partial charge is 0.394 e. The normalized spacial score (nSPS) is 32.8. The number of nitrogens with one attached hydrogen (secondary N) is 4. The van der Waals surface area contributed by atoms with Crippen molar-refractivity contribution < 1.29 is 133 Å². The first-order valence-corrected chi connectivity index (χ1v) is 35.3. The highest BCUT2D eigenvalue weighted by Gasteiger charge is 2.56. The van der Waals surface area contributed by atoms with Gasteiger partial charge in [-0.15, -0.1) is 0 Å². The monoisotopic (exact) mass is 1530 g/mol. The lowest BCUT2D eigenvalue weighted by molar-refractivity contribution is -0.0656. The number of aromatic nitrogens is 14. The van der Waals surface area contributed by atoms with Gasteiger partial charge in [0.2, 0.25) is 5.95 Å². The van der Waals surface area contributed by atoms with E-state index in [0.29, 0.717) is 13.7 Å². The van der Waals surface area contributed by atoms with Crippen LogP contribution in [-0.4, -0.2) is 248 Å². The number of aliphatic hydroxyl groups is 7. The molecule has 0 aliphatic carbocycles. The molecule has 5 fully saturated rings. The Morgan fingerprint density at radius 3 is 1.18 bits per heavy atom. The summed E-state index contributed by atoms with van der Waals surface area (Å²) in [6, 6.07) is 2.42. The van der Waals surface area contributed by atoms with Gasteiger partial charge in [-0.1, -0.05) is 0 Å². The number of fused-ring (bicyclic) bond motifs is 2. The topological polar surface area (TPSA) is 735 Å². The van der Waals surface area contributed by atoms with E-state index in [0.717, 1.165) is 60.3 Å². The molecule has 5 aliphatic heterocycles. The van der Waals surface area contributed by atoms with Crippen LogP contribution in [0.2, 0.25) is 0 Å². The lowest BCUT2D eigenvalue weighted by Crippen LogP contribution is -2.39. The molecule has 0 radical (unpaired) electrons. The number of anilines is 2. The Morgan fingerprint density at radius 1 is 0.431 bits per heavy atom. The van der Waals surface area contributed by atoms with Crippen LogP contribution in [0.1, 0.15) is 31.1 Å². The van der Waals surface area contributed by atoms with Gasteiger partial charge in [0.05, 0.1) is 45.7 Å². The Bertz CT molecular complexity index is 4930. The molecular formula is C47H58N16O35P4. The predicted molar refractivity (Wildman–Crippen MR) is 322 cm³/mol. The summed E-state index contributed by atoms with van der Waals surface area (Å²) in [5.41, 5.74) is 3.56. The predicted octanol–water partition coefficient (Wildman–Crippen LogP) is -8.57. The van der Waals surface area contributed by atoms with E-state index in [2.05, 4.69) is 29.9 Å². The third kappa shape index (κ3) is 15.2. The molecular weight excluding hydrogens is 1470 g/mol. The number of phosphoric acid groups is 4. The average molecular weight is 1530 g/mol. The summed E-state index contributed by atoms with van der Waals surface area (Å²) in [5.74, 6) is -0.573. The number of H-pyrrole nitrogens is 4. The Kier molecular flexibility index (Phi) is 21.0. The standard InChI is InChI=1S/C47H58N16O35P4/c48-35-23-36(51-12-50-35)62(13-52-23)39-26(69)25(68)16(91-39)8-86-99(78,79)96-32-18(93-41(28(32)71)60-5-2-21(66)55-46(60)76)10-88-102(84,85)98-34-19(94-43(30(34)73)63-14-53-24-37(63)57-44(49)58-38(24)74)11-89-101(82,83)97-33-17(92-42(29(33)72)61-6-3-22(67)56-47(61)77)9-87-100(80,81)95-31-15(7-64)90-40(27(31)70)59-4-1-20(65)54-45(59)75/h1-6,12-19,25-34,39-43,64,68-73H,7-11H2,(H,78,79)(H,80,81)(H,82,83)(H,84,85)(H2,48,50,51)(H,54,65,75)(H,55,66,76)(H,56,67,77)(H3,49,57,58,74)/t15-,16-,17-,18-,19-,25-,26-,27-,28-,29-,30-,31-,32-,33-,34-,39-,40-,41-,42-,43-/m1/s1. The molecule has 24 atom stereocenters. The number of hydrogen-bond donors (Lipinski definition) is 17. The first-order valence-electron chi connectivity index (χ1n) is 29.3. The quantitative estimate of drug-likeness (QED) is 0.0224. The van der Waals surface area contributed by atoms with Crippen molar-refractivity contribution in [1.82, 2.24) is 67.7 Å². The van der Waals surface area contributed by atoms with E-state index < -0.39 is 243 Å². The molecule has 12 heterocycles. The number of rotatable bonds is 26. The summed E-state index contributed by atoms with van der Waals surface area (Å²) in [6.45, 7) is -6.24. The van der Waals surface area contributed by atoms with Gasteiger partial charge in [0.1, 0.15) is 103 Å². The Morgan fingerprint density at radius 2 is 0.775 bits per heavy atom. The maximum absolute atomic E-state index is 14.2. The van der Waals surface area contributed by atoms with Crippen molar-refractivity contribution in [3.05, 3.63) is 129 Å². The number of nitrogen functional groups attached to an aromatic ring is 2. The number of aliphatic hydroxyl groups excluding tert-OH is 7. The molecule has 5 aliphatic rings. The number of aromatic amines is 4. The fraction of sp³-hybridized carbons (Fsp3) is 0.532. The van der Waals surface area contributed by atoms with E-state index in [4.69, 9.17) is 71.3 Å². The van der Waals surface area contributed by atoms with Gasteiger partial charge < -0.3 is 90.5 Å². The summed E-state index contributed by atoms with van der Waals surface area (Å²) < 4.78 is 130. The molecule has 12 rings (SSSR count). The molecule has 0 saturated carbocycles. The van der Waals surface area contributed by atoms with Crippen molar-refractivity contribution in [1.29, 1.82) is 0 Å². The number of phosphoric ester groups is 4. The fourth-order valence-electron chi connectivity index (χ4n) is 11.4. The van der Waals surface area contributed by atoms with Crippen LogP contribution in [-0.2, 0) is 78.1 Å². The van der Waals surface area contributed by atoms with Crippen molar-refractivity contribution in [3.63, 3.8) is 0 Å².